The van der Waals surface area contributed by atoms with Crippen LogP contribution in [0.25, 0.3) is 0 Å². The third-order valence-corrected chi connectivity index (χ3v) is 6.88. The van der Waals surface area contributed by atoms with Gasteiger partial charge in [-0.1, -0.05) is 30.3 Å². The highest BCUT2D eigenvalue weighted by Gasteiger charge is 2.30. The molecule has 2 aromatic rings. The van der Waals surface area contributed by atoms with Gasteiger partial charge in [0.05, 0.1) is 5.51 Å². The van der Waals surface area contributed by atoms with Crippen LogP contribution in [0.4, 0.5) is 0 Å². The molecule has 1 aromatic carbocycles. The molecule has 1 amide bonds. The van der Waals surface area contributed by atoms with Crippen molar-refractivity contribution in [2.24, 2.45) is 0 Å². The summed E-state index contributed by atoms with van der Waals surface area (Å²) >= 11 is 1.38. The van der Waals surface area contributed by atoms with E-state index in [0.717, 1.165) is 5.56 Å². The molecule has 0 bridgehead atoms. The molecule has 7 nitrogen and oxygen atoms in total. The zero-order chi connectivity index (χ0) is 18.6. The van der Waals surface area contributed by atoms with Crippen LogP contribution in [0.3, 0.4) is 0 Å². The summed E-state index contributed by atoms with van der Waals surface area (Å²) < 4.78 is 28.6. The van der Waals surface area contributed by atoms with Gasteiger partial charge in [-0.15, -0.1) is 11.3 Å². The first-order chi connectivity index (χ1) is 12.5. The molecule has 0 N–H and O–H groups in total. The number of hydrogen-bond acceptors (Lipinski definition) is 5. The van der Waals surface area contributed by atoms with Gasteiger partial charge < -0.3 is 4.90 Å². The molecule has 1 aromatic heterocycles. The van der Waals surface area contributed by atoms with E-state index >= 15 is 0 Å². The molecule has 0 atom stereocenters. The molecule has 1 aliphatic rings. The normalized spacial score (nSPS) is 16.6. The van der Waals surface area contributed by atoms with E-state index in [1.54, 1.807) is 22.8 Å². The second-order valence-electron chi connectivity index (χ2n) is 6.17. The van der Waals surface area contributed by atoms with E-state index in [1.807, 2.05) is 30.3 Å². The van der Waals surface area contributed by atoms with Gasteiger partial charge in [0, 0.05) is 45.2 Å². The van der Waals surface area contributed by atoms with Crippen LogP contribution in [0, 0.1) is 0 Å². The Kier molecular flexibility index (Phi) is 6.02. The number of carbonyl (C=O) groups excluding carboxylic acids is 1. The zero-order valence-electron chi connectivity index (χ0n) is 14.6. The lowest BCUT2D eigenvalue weighted by atomic mass is 10.2. The van der Waals surface area contributed by atoms with E-state index in [9.17, 15) is 13.2 Å². The molecule has 140 valence electrons. The van der Waals surface area contributed by atoms with Crippen LogP contribution in [0.5, 0.6) is 0 Å². The lowest BCUT2D eigenvalue weighted by Gasteiger charge is -2.26. The molecular weight excluding hydrogens is 372 g/mol. The molecule has 3 rings (SSSR count). The van der Waals surface area contributed by atoms with Gasteiger partial charge in [0.1, 0.15) is 5.69 Å². The highest BCUT2D eigenvalue weighted by Crippen LogP contribution is 2.16. The number of aromatic nitrogens is 1. The van der Waals surface area contributed by atoms with Gasteiger partial charge in [0.2, 0.25) is 0 Å². The number of amides is 1. The second kappa shape index (κ2) is 8.26. The topological polar surface area (TPSA) is 73.8 Å². The van der Waals surface area contributed by atoms with Crippen molar-refractivity contribution < 1.29 is 13.2 Å². The van der Waals surface area contributed by atoms with Crippen LogP contribution >= 0.6 is 11.3 Å². The molecule has 1 saturated heterocycles. The predicted molar refractivity (Wildman–Crippen MR) is 101 cm³/mol. The molecule has 1 aliphatic heterocycles. The SMILES string of the molecule is CN(Cc1ccccc1)S(=O)(=O)N1CCCN(C(=O)c2cscn2)CC1. The minimum atomic E-state index is -3.57. The molecule has 0 spiro atoms. The predicted octanol–water partition coefficient (Wildman–Crippen LogP) is 1.67. The standard InChI is InChI=1S/C17H22N4O3S2/c1-19(12-15-6-3-2-4-7-15)26(23,24)21-9-5-8-20(10-11-21)17(22)16-13-25-14-18-16/h2-4,6-7,13-14H,5,8-12H2,1H3. The Balaban J connectivity index is 1.64. The van der Waals surface area contributed by atoms with Crippen molar-refractivity contribution in [2.45, 2.75) is 13.0 Å². The summed E-state index contributed by atoms with van der Waals surface area (Å²) in [5, 5.41) is 1.72. The summed E-state index contributed by atoms with van der Waals surface area (Å²) in [7, 11) is -1.98. The number of rotatable bonds is 5. The molecule has 0 radical (unpaired) electrons. The van der Waals surface area contributed by atoms with Crippen molar-refractivity contribution in [3.8, 4) is 0 Å². The summed E-state index contributed by atoms with van der Waals surface area (Å²) in [6, 6.07) is 9.50. The summed E-state index contributed by atoms with van der Waals surface area (Å²) in [5.41, 5.74) is 2.99. The fraction of sp³-hybridized carbons (Fsp3) is 0.412. The lowest BCUT2D eigenvalue weighted by Crippen LogP contribution is -2.43. The largest absolute Gasteiger partial charge is 0.336 e. The Morgan fingerprint density at radius 1 is 1.19 bits per heavy atom. The average Bonchev–Trinajstić information content (AvgIpc) is 3.06. The molecule has 0 aliphatic carbocycles. The lowest BCUT2D eigenvalue weighted by molar-refractivity contribution is 0.0759. The maximum atomic E-state index is 12.9. The van der Waals surface area contributed by atoms with Crippen LogP contribution in [-0.4, -0.2) is 66.0 Å². The van der Waals surface area contributed by atoms with Crippen LogP contribution in [0.15, 0.2) is 41.2 Å². The minimum Gasteiger partial charge on any atom is -0.336 e. The maximum absolute atomic E-state index is 12.9. The van der Waals surface area contributed by atoms with Gasteiger partial charge in [-0.2, -0.15) is 17.0 Å². The highest BCUT2D eigenvalue weighted by molar-refractivity contribution is 7.86. The Morgan fingerprint density at radius 3 is 2.65 bits per heavy atom. The van der Waals surface area contributed by atoms with E-state index in [4.69, 9.17) is 0 Å². The third-order valence-electron chi connectivity index (χ3n) is 4.36. The molecular formula is C17H22N4O3S2. The quantitative estimate of drug-likeness (QED) is 0.773. The fourth-order valence-electron chi connectivity index (χ4n) is 2.93. The smallest absolute Gasteiger partial charge is 0.282 e. The van der Waals surface area contributed by atoms with Crippen molar-refractivity contribution >= 4 is 27.5 Å². The Morgan fingerprint density at radius 2 is 1.96 bits per heavy atom. The van der Waals surface area contributed by atoms with Gasteiger partial charge >= 0.3 is 0 Å². The van der Waals surface area contributed by atoms with E-state index in [1.165, 1.54) is 19.9 Å². The molecule has 0 unspecified atom stereocenters. The van der Waals surface area contributed by atoms with Gasteiger partial charge in [0.25, 0.3) is 16.1 Å². The summed E-state index contributed by atoms with van der Waals surface area (Å²) in [6.45, 7) is 1.92. The van der Waals surface area contributed by atoms with E-state index in [2.05, 4.69) is 4.98 Å². The number of carbonyl (C=O) groups is 1. The minimum absolute atomic E-state index is 0.136. The molecule has 2 heterocycles. The second-order valence-corrected chi connectivity index (χ2v) is 8.92. The van der Waals surface area contributed by atoms with Crippen LogP contribution in [0.2, 0.25) is 0 Å². The fourth-order valence-corrected chi connectivity index (χ4v) is 4.83. The molecule has 26 heavy (non-hydrogen) atoms. The van der Waals surface area contributed by atoms with Crippen molar-refractivity contribution in [3.63, 3.8) is 0 Å². The van der Waals surface area contributed by atoms with Gasteiger partial charge in [0.15, 0.2) is 0 Å². The highest BCUT2D eigenvalue weighted by atomic mass is 32.2. The van der Waals surface area contributed by atoms with Gasteiger partial charge in [-0.3, -0.25) is 4.79 Å². The van der Waals surface area contributed by atoms with Gasteiger partial charge in [-0.05, 0) is 12.0 Å². The van der Waals surface area contributed by atoms with Crippen molar-refractivity contribution in [1.29, 1.82) is 0 Å². The first-order valence-corrected chi connectivity index (χ1v) is 10.8. The monoisotopic (exact) mass is 394 g/mol. The molecule has 0 saturated carbocycles. The number of hydrogen-bond donors (Lipinski definition) is 0. The summed E-state index contributed by atoms with van der Waals surface area (Å²) in [6.07, 6.45) is 0.605. The van der Waals surface area contributed by atoms with Gasteiger partial charge in [-0.25, -0.2) is 4.98 Å². The third kappa shape index (κ3) is 4.29. The number of nitrogens with zero attached hydrogens (tertiary/aromatic N) is 4. The van der Waals surface area contributed by atoms with Crippen molar-refractivity contribution in [2.75, 3.05) is 33.2 Å². The Hall–Kier alpha value is -1.81. The first kappa shape index (κ1) is 19.0. The Labute approximate surface area is 158 Å². The molecule has 1 fully saturated rings. The maximum Gasteiger partial charge on any atom is 0.282 e. The van der Waals surface area contributed by atoms with E-state index in [-0.39, 0.29) is 12.5 Å². The van der Waals surface area contributed by atoms with Crippen LogP contribution in [-0.2, 0) is 16.8 Å². The van der Waals surface area contributed by atoms with E-state index in [0.29, 0.717) is 38.3 Å². The first-order valence-electron chi connectivity index (χ1n) is 8.41. The number of benzene rings is 1. The summed E-state index contributed by atoms with van der Waals surface area (Å²) in [5.74, 6) is -0.136. The molecule has 9 heteroatoms. The number of thiazole rings is 1. The summed E-state index contributed by atoms with van der Waals surface area (Å²) in [4.78, 5) is 18.2. The van der Waals surface area contributed by atoms with Crippen molar-refractivity contribution in [1.82, 2.24) is 18.5 Å². The van der Waals surface area contributed by atoms with Crippen molar-refractivity contribution in [3.05, 3.63) is 52.5 Å². The van der Waals surface area contributed by atoms with E-state index < -0.39 is 10.2 Å². The average molecular weight is 395 g/mol. The van der Waals surface area contributed by atoms with Crippen LogP contribution < -0.4 is 0 Å². The zero-order valence-corrected chi connectivity index (χ0v) is 16.2. The van der Waals surface area contributed by atoms with Crippen LogP contribution in [0.1, 0.15) is 22.5 Å². The Bertz CT molecular complexity index is 825.